The fourth-order valence-corrected chi connectivity index (χ4v) is 3.10. The molecular formula is C21H27N3O6. The Hall–Kier alpha value is -3.36. The Labute approximate surface area is 175 Å². The Morgan fingerprint density at radius 1 is 1.17 bits per heavy atom. The summed E-state index contributed by atoms with van der Waals surface area (Å²) in [5.74, 6) is -1.71. The highest BCUT2D eigenvalue weighted by Gasteiger charge is 2.38. The fraction of sp³-hybridized carbons (Fsp3) is 0.429. The van der Waals surface area contributed by atoms with Crippen LogP contribution in [0.4, 0.5) is 5.69 Å². The first-order valence-corrected chi connectivity index (χ1v) is 9.78. The predicted molar refractivity (Wildman–Crippen MR) is 109 cm³/mol. The van der Waals surface area contributed by atoms with E-state index < -0.39 is 23.8 Å². The molecule has 3 amide bonds. The van der Waals surface area contributed by atoms with Crippen LogP contribution >= 0.6 is 0 Å². The van der Waals surface area contributed by atoms with Gasteiger partial charge in [0.2, 0.25) is 17.7 Å². The summed E-state index contributed by atoms with van der Waals surface area (Å²) in [4.78, 5) is 50.2. The van der Waals surface area contributed by atoms with Crippen LogP contribution < -0.4 is 15.5 Å². The predicted octanol–water partition coefficient (Wildman–Crippen LogP) is 1.03. The highest BCUT2D eigenvalue weighted by Crippen LogP contribution is 2.32. The third-order valence-electron chi connectivity index (χ3n) is 4.35. The van der Waals surface area contributed by atoms with Crippen molar-refractivity contribution in [3.63, 3.8) is 0 Å². The molecule has 0 spiro atoms. The number of nitrogens with one attached hydrogen (secondary N) is 2. The van der Waals surface area contributed by atoms with Gasteiger partial charge in [0.25, 0.3) is 0 Å². The van der Waals surface area contributed by atoms with Crippen molar-refractivity contribution >= 4 is 29.4 Å². The van der Waals surface area contributed by atoms with Gasteiger partial charge in [-0.15, -0.1) is 0 Å². The van der Waals surface area contributed by atoms with Crippen molar-refractivity contribution < 1.29 is 28.7 Å². The van der Waals surface area contributed by atoms with Crippen LogP contribution in [0.1, 0.15) is 32.8 Å². The first-order chi connectivity index (χ1) is 14.4. The Morgan fingerprint density at radius 3 is 2.57 bits per heavy atom. The lowest BCUT2D eigenvalue weighted by molar-refractivity contribution is -0.142. The molecule has 0 fully saturated rings. The number of nitrogens with zero attached hydrogens (tertiary/aromatic N) is 1. The number of anilines is 1. The number of carbonyl (C=O) groups excluding carboxylic acids is 4. The minimum atomic E-state index is -0.823. The first kappa shape index (κ1) is 22.9. The lowest BCUT2D eigenvalue weighted by Gasteiger charge is -2.25. The number of hydrogen-bond acceptors (Lipinski definition) is 6. The van der Waals surface area contributed by atoms with Gasteiger partial charge in [-0.05, 0) is 25.5 Å². The molecule has 1 aliphatic rings. The van der Waals surface area contributed by atoms with Crippen molar-refractivity contribution in [2.45, 2.75) is 39.7 Å². The minimum Gasteiger partial charge on any atom is -0.500 e. The van der Waals surface area contributed by atoms with Gasteiger partial charge in [-0.3, -0.25) is 24.1 Å². The topological polar surface area (TPSA) is 114 Å². The van der Waals surface area contributed by atoms with Crippen molar-refractivity contribution in [3.8, 4) is 0 Å². The van der Waals surface area contributed by atoms with Gasteiger partial charge in [0, 0.05) is 19.0 Å². The average molecular weight is 417 g/mol. The zero-order chi connectivity index (χ0) is 22.1. The van der Waals surface area contributed by atoms with Crippen molar-refractivity contribution in [2.75, 3.05) is 24.7 Å². The molecule has 0 radical (unpaired) electrons. The van der Waals surface area contributed by atoms with Crippen molar-refractivity contribution in [1.29, 1.82) is 0 Å². The van der Waals surface area contributed by atoms with Gasteiger partial charge in [-0.2, -0.15) is 0 Å². The number of carbonyl (C=O) groups is 4. The number of esters is 1. The van der Waals surface area contributed by atoms with Gasteiger partial charge in [-0.1, -0.05) is 18.2 Å². The highest BCUT2D eigenvalue weighted by atomic mass is 16.5. The van der Waals surface area contributed by atoms with Crippen molar-refractivity contribution in [2.24, 2.45) is 0 Å². The molecule has 0 saturated heterocycles. The summed E-state index contributed by atoms with van der Waals surface area (Å²) in [7, 11) is 0. The monoisotopic (exact) mass is 417 g/mol. The summed E-state index contributed by atoms with van der Waals surface area (Å²) in [6.07, 6.45) is 1.45. The van der Waals surface area contributed by atoms with Gasteiger partial charge in [0.05, 0.1) is 31.9 Å². The molecule has 9 heteroatoms. The molecule has 162 valence electrons. The second kappa shape index (κ2) is 11.0. The molecule has 0 bridgehead atoms. The largest absolute Gasteiger partial charge is 0.500 e. The van der Waals surface area contributed by atoms with Gasteiger partial charge < -0.3 is 20.1 Å². The second-order valence-corrected chi connectivity index (χ2v) is 6.59. The molecule has 9 nitrogen and oxygen atoms in total. The van der Waals surface area contributed by atoms with Gasteiger partial charge in [0.1, 0.15) is 12.3 Å². The molecule has 0 unspecified atom stereocenters. The molecular weight excluding hydrogens is 390 g/mol. The summed E-state index contributed by atoms with van der Waals surface area (Å²) >= 11 is 0. The Bertz CT molecular complexity index is 836. The molecule has 30 heavy (non-hydrogen) atoms. The standard InChI is InChI=1S/C21H27N3O6/c1-4-29-13-16(11-20(27)30-5-2)23-21(28)18-10-15-8-6-7-9-17(15)24(18)19(26)12-22-14(3)25/h6-9,13,18H,4-5,10-12H2,1-3H3,(H,22,25)(H,23,28)/b16-13+/t18-/m0/s1. The van der Waals surface area contributed by atoms with Crippen LogP contribution in [0.15, 0.2) is 36.2 Å². The quantitative estimate of drug-likeness (QED) is 0.458. The van der Waals surface area contributed by atoms with Crippen LogP contribution in [0.5, 0.6) is 0 Å². The molecule has 1 aromatic carbocycles. The first-order valence-electron chi connectivity index (χ1n) is 9.78. The number of fused-ring (bicyclic) bond motifs is 1. The number of benzene rings is 1. The summed E-state index contributed by atoms with van der Waals surface area (Å²) in [5.41, 5.74) is 1.70. The summed E-state index contributed by atoms with van der Waals surface area (Å²) in [6.45, 7) is 5.14. The maximum Gasteiger partial charge on any atom is 0.311 e. The van der Waals surface area contributed by atoms with E-state index in [0.29, 0.717) is 18.7 Å². The average Bonchev–Trinajstić information content (AvgIpc) is 3.10. The third kappa shape index (κ3) is 6.07. The van der Waals surface area contributed by atoms with Gasteiger partial charge >= 0.3 is 5.97 Å². The maximum absolute atomic E-state index is 13.0. The second-order valence-electron chi connectivity index (χ2n) is 6.59. The molecule has 0 saturated carbocycles. The Morgan fingerprint density at radius 2 is 1.90 bits per heavy atom. The highest BCUT2D eigenvalue weighted by molar-refractivity contribution is 6.05. The van der Waals surface area contributed by atoms with Gasteiger partial charge in [0.15, 0.2) is 0 Å². The number of hydrogen-bond donors (Lipinski definition) is 2. The number of amides is 3. The zero-order valence-electron chi connectivity index (χ0n) is 17.4. The molecule has 1 atom stereocenters. The number of ether oxygens (including phenoxy) is 2. The van der Waals surface area contributed by atoms with Gasteiger partial charge in [-0.25, -0.2) is 0 Å². The number of para-hydroxylation sites is 1. The summed E-state index contributed by atoms with van der Waals surface area (Å²) < 4.78 is 10.2. The van der Waals surface area contributed by atoms with E-state index in [-0.39, 0.29) is 31.2 Å². The Balaban J connectivity index is 2.21. The molecule has 1 aliphatic heterocycles. The van der Waals surface area contributed by atoms with E-state index in [0.717, 1.165) is 5.56 Å². The molecule has 0 aromatic heterocycles. The van der Waals surface area contributed by atoms with Crippen molar-refractivity contribution in [3.05, 3.63) is 41.8 Å². The van der Waals surface area contributed by atoms with E-state index in [9.17, 15) is 19.2 Å². The molecule has 0 aliphatic carbocycles. The maximum atomic E-state index is 13.0. The van der Waals surface area contributed by atoms with Crippen LogP contribution in [0.3, 0.4) is 0 Å². The Kier molecular flexibility index (Phi) is 8.40. The fourth-order valence-electron chi connectivity index (χ4n) is 3.10. The normalized spacial score (nSPS) is 15.2. The molecule has 1 heterocycles. The van der Waals surface area contributed by atoms with E-state index in [1.165, 1.54) is 18.1 Å². The van der Waals surface area contributed by atoms with Crippen LogP contribution in [-0.4, -0.2) is 49.5 Å². The summed E-state index contributed by atoms with van der Waals surface area (Å²) in [5, 5.41) is 5.15. The molecule has 2 N–H and O–H groups in total. The lowest BCUT2D eigenvalue weighted by Crippen LogP contribution is -2.50. The van der Waals surface area contributed by atoms with Crippen LogP contribution in [0.2, 0.25) is 0 Å². The lowest BCUT2D eigenvalue weighted by atomic mass is 10.1. The van der Waals surface area contributed by atoms with E-state index >= 15 is 0 Å². The van der Waals surface area contributed by atoms with E-state index in [1.54, 1.807) is 26.0 Å². The summed E-state index contributed by atoms with van der Waals surface area (Å²) in [6, 6.07) is 6.38. The van der Waals surface area contributed by atoms with E-state index in [2.05, 4.69) is 10.6 Å². The van der Waals surface area contributed by atoms with E-state index in [4.69, 9.17) is 9.47 Å². The van der Waals surface area contributed by atoms with Crippen LogP contribution in [0.25, 0.3) is 0 Å². The molecule has 1 aromatic rings. The SMILES string of the molecule is CCO/C=C(\CC(=O)OCC)NC(=O)[C@@H]1Cc2ccccc2N1C(=O)CNC(C)=O. The van der Waals surface area contributed by atoms with Crippen LogP contribution in [-0.2, 0) is 35.1 Å². The number of rotatable bonds is 9. The minimum absolute atomic E-state index is 0.168. The zero-order valence-corrected chi connectivity index (χ0v) is 17.4. The van der Waals surface area contributed by atoms with E-state index in [1.807, 2.05) is 12.1 Å². The molecule has 2 rings (SSSR count). The third-order valence-corrected chi connectivity index (χ3v) is 4.35. The van der Waals surface area contributed by atoms with Crippen LogP contribution in [0, 0.1) is 0 Å². The smallest absolute Gasteiger partial charge is 0.311 e. The van der Waals surface area contributed by atoms with Crippen molar-refractivity contribution in [1.82, 2.24) is 10.6 Å².